The quantitative estimate of drug-likeness (QED) is 0.678. The highest BCUT2D eigenvalue weighted by molar-refractivity contribution is 7.89. The lowest BCUT2D eigenvalue weighted by atomic mass is 9.98. The summed E-state index contributed by atoms with van der Waals surface area (Å²) in [6.07, 6.45) is 0. The third kappa shape index (κ3) is 5.38. The first-order valence-corrected chi connectivity index (χ1v) is 10.2. The molecule has 0 spiro atoms. The maximum atomic E-state index is 12.7. The molecule has 2 rings (SSSR count). The number of methoxy groups -OCH3 is 1. The van der Waals surface area contributed by atoms with E-state index >= 15 is 0 Å². The second-order valence-electron chi connectivity index (χ2n) is 6.57. The minimum Gasteiger partial charge on any atom is -0.383 e. The van der Waals surface area contributed by atoms with E-state index in [1.165, 1.54) is 19.2 Å². The average Bonchev–Trinajstić information content (AvgIpc) is 2.63. The van der Waals surface area contributed by atoms with Gasteiger partial charge in [-0.05, 0) is 42.2 Å². The van der Waals surface area contributed by atoms with Crippen molar-refractivity contribution in [2.45, 2.75) is 31.6 Å². The Balaban J connectivity index is 2.27. The maximum Gasteiger partial charge on any atom is 0.255 e. The fourth-order valence-corrected chi connectivity index (χ4v) is 3.75. The van der Waals surface area contributed by atoms with Crippen LogP contribution in [0.25, 0.3) is 0 Å². The molecule has 0 saturated carbocycles. The van der Waals surface area contributed by atoms with Gasteiger partial charge >= 0.3 is 0 Å². The van der Waals surface area contributed by atoms with Crippen LogP contribution in [0, 0.1) is 6.92 Å². The predicted octanol–water partition coefficient (Wildman–Crippen LogP) is 3.30. The van der Waals surface area contributed by atoms with Crippen LogP contribution in [-0.4, -0.2) is 34.6 Å². The molecule has 146 valence electrons. The summed E-state index contributed by atoms with van der Waals surface area (Å²) in [5, 5.41) is 2.93. The highest BCUT2D eigenvalue weighted by atomic mass is 32.2. The van der Waals surface area contributed by atoms with Crippen LogP contribution < -0.4 is 10.0 Å². The number of anilines is 1. The largest absolute Gasteiger partial charge is 0.383 e. The van der Waals surface area contributed by atoms with Crippen molar-refractivity contribution in [2.24, 2.45) is 0 Å². The number of para-hydroxylation sites is 1. The third-order valence-electron chi connectivity index (χ3n) is 4.17. The predicted molar refractivity (Wildman–Crippen MR) is 107 cm³/mol. The molecule has 0 unspecified atom stereocenters. The Morgan fingerprint density at radius 1 is 1.15 bits per heavy atom. The van der Waals surface area contributed by atoms with Crippen LogP contribution in [-0.2, 0) is 14.8 Å². The van der Waals surface area contributed by atoms with E-state index in [4.69, 9.17) is 4.74 Å². The lowest BCUT2D eigenvalue weighted by molar-refractivity contribution is 0.102. The van der Waals surface area contributed by atoms with Crippen LogP contribution >= 0.6 is 0 Å². The molecule has 0 aliphatic carbocycles. The molecular formula is C20H26N2O4S. The molecule has 0 aliphatic rings. The second kappa shape index (κ2) is 9.12. The van der Waals surface area contributed by atoms with Crippen molar-refractivity contribution in [1.29, 1.82) is 0 Å². The van der Waals surface area contributed by atoms with Gasteiger partial charge in [0, 0.05) is 24.9 Å². The van der Waals surface area contributed by atoms with Gasteiger partial charge in [-0.2, -0.15) is 0 Å². The van der Waals surface area contributed by atoms with E-state index in [1.807, 2.05) is 25.1 Å². The Morgan fingerprint density at radius 2 is 1.85 bits per heavy atom. The summed E-state index contributed by atoms with van der Waals surface area (Å²) in [5.41, 5.74) is 3.04. The molecule has 0 bridgehead atoms. The molecule has 0 aromatic heterocycles. The highest BCUT2D eigenvalue weighted by Crippen LogP contribution is 2.28. The first kappa shape index (κ1) is 21.1. The topological polar surface area (TPSA) is 84.5 Å². The van der Waals surface area contributed by atoms with Gasteiger partial charge in [-0.15, -0.1) is 0 Å². The minimum atomic E-state index is -3.70. The molecule has 1 amide bonds. The molecule has 7 heteroatoms. The van der Waals surface area contributed by atoms with E-state index < -0.39 is 10.0 Å². The number of amides is 1. The first-order valence-electron chi connectivity index (χ1n) is 8.75. The zero-order chi connectivity index (χ0) is 20.0. The van der Waals surface area contributed by atoms with Gasteiger partial charge in [0.2, 0.25) is 10.0 Å². The minimum absolute atomic E-state index is 0.0418. The third-order valence-corrected chi connectivity index (χ3v) is 5.63. The fourth-order valence-electron chi connectivity index (χ4n) is 2.69. The molecule has 0 fully saturated rings. The van der Waals surface area contributed by atoms with Crippen molar-refractivity contribution in [3.05, 3.63) is 59.2 Å². The number of benzene rings is 2. The summed E-state index contributed by atoms with van der Waals surface area (Å²) in [5.74, 6) is -0.1000. The van der Waals surface area contributed by atoms with E-state index in [2.05, 4.69) is 23.9 Å². The molecule has 27 heavy (non-hydrogen) atoms. The number of aryl methyl sites for hydroxylation is 1. The summed E-state index contributed by atoms with van der Waals surface area (Å²) >= 11 is 0. The number of hydrogen-bond donors (Lipinski definition) is 2. The standard InChI is InChI=1S/C20H26N2O4S/c1-14(2)18-10-5-7-15(3)19(18)22-20(23)16-8-6-9-17(13-16)27(24,25)21-11-12-26-4/h5-10,13-14,21H,11-12H2,1-4H3,(H,22,23). The SMILES string of the molecule is COCCNS(=O)(=O)c1cccc(C(=O)Nc2c(C)cccc2C(C)C)c1. The maximum absolute atomic E-state index is 12.7. The normalized spacial score (nSPS) is 11.6. The van der Waals surface area contributed by atoms with Gasteiger partial charge in [0.05, 0.1) is 11.5 Å². The van der Waals surface area contributed by atoms with Gasteiger partial charge in [0.15, 0.2) is 0 Å². The molecular weight excluding hydrogens is 364 g/mol. The van der Waals surface area contributed by atoms with Gasteiger partial charge < -0.3 is 10.1 Å². The molecule has 0 heterocycles. The number of ether oxygens (including phenoxy) is 1. The Morgan fingerprint density at radius 3 is 2.52 bits per heavy atom. The van der Waals surface area contributed by atoms with Crippen molar-refractivity contribution >= 4 is 21.6 Å². The fraction of sp³-hybridized carbons (Fsp3) is 0.350. The molecule has 0 saturated heterocycles. The zero-order valence-electron chi connectivity index (χ0n) is 16.1. The van der Waals surface area contributed by atoms with Crippen molar-refractivity contribution in [1.82, 2.24) is 4.72 Å². The van der Waals surface area contributed by atoms with Gasteiger partial charge in [-0.25, -0.2) is 13.1 Å². The molecule has 0 atom stereocenters. The van der Waals surface area contributed by atoms with Gasteiger partial charge in [-0.1, -0.05) is 38.1 Å². The second-order valence-corrected chi connectivity index (χ2v) is 8.33. The summed E-state index contributed by atoms with van der Waals surface area (Å²) in [6, 6.07) is 11.9. The number of carbonyl (C=O) groups excluding carboxylic acids is 1. The molecule has 6 nitrogen and oxygen atoms in total. The number of hydrogen-bond acceptors (Lipinski definition) is 4. The lowest BCUT2D eigenvalue weighted by Gasteiger charge is -2.16. The van der Waals surface area contributed by atoms with Crippen molar-refractivity contribution in [2.75, 3.05) is 25.6 Å². The van der Waals surface area contributed by atoms with E-state index in [1.54, 1.807) is 12.1 Å². The Hall–Kier alpha value is -2.22. The molecule has 0 aliphatic heterocycles. The molecule has 2 aromatic carbocycles. The highest BCUT2D eigenvalue weighted by Gasteiger charge is 2.17. The van der Waals surface area contributed by atoms with Crippen LogP contribution in [0.4, 0.5) is 5.69 Å². The number of nitrogens with one attached hydrogen (secondary N) is 2. The van der Waals surface area contributed by atoms with Crippen molar-refractivity contribution in [3.63, 3.8) is 0 Å². The van der Waals surface area contributed by atoms with E-state index in [-0.39, 0.29) is 35.4 Å². The Labute approximate surface area is 161 Å². The Kier molecular flexibility index (Phi) is 7.12. The van der Waals surface area contributed by atoms with E-state index in [0.717, 1.165) is 16.8 Å². The van der Waals surface area contributed by atoms with E-state index in [9.17, 15) is 13.2 Å². The summed E-state index contributed by atoms with van der Waals surface area (Å²) < 4.78 is 32.0. The van der Waals surface area contributed by atoms with Gasteiger partial charge in [0.1, 0.15) is 0 Å². The van der Waals surface area contributed by atoms with Crippen LogP contribution in [0.5, 0.6) is 0 Å². The summed E-state index contributed by atoms with van der Waals surface area (Å²) in [6.45, 7) is 6.48. The average molecular weight is 391 g/mol. The molecule has 0 radical (unpaired) electrons. The van der Waals surface area contributed by atoms with E-state index in [0.29, 0.717) is 0 Å². The van der Waals surface area contributed by atoms with Crippen LogP contribution in [0.15, 0.2) is 47.4 Å². The monoisotopic (exact) mass is 390 g/mol. The van der Waals surface area contributed by atoms with Crippen LogP contribution in [0.1, 0.15) is 41.3 Å². The number of sulfonamides is 1. The van der Waals surface area contributed by atoms with Gasteiger partial charge in [-0.3, -0.25) is 4.79 Å². The summed E-state index contributed by atoms with van der Waals surface area (Å²) in [4.78, 5) is 12.8. The number of carbonyl (C=O) groups is 1. The Bertz CT molecular complexity index is 908. The molecule has 2 aromatic rings. The van der Waals surface area contributed by atoms with Gasteiger partial charge in [0.25, 0.3) is 5.91 Å². The number of rotatable bonds is 8. The lowest BCUT2D eigenvalue weighted by Crippen LogP contribution is -2.27. The first-order chi connectivity index (χ1) is 12.8. The summed E-state index contributed by atoms with van der Waals surface area (Å²) in [7, 11) is -2.20. The van der Waals surface area contributed by atoms with Crippen LogP contribution in [0.3, 0.4) is 0 Å². The van der Waals surface area contributed by atoms with Crippen molar-refractivity contribution < 1.29 is 17.9 Å². The smallest absolute Gasteiger partial charge is 0.255 e. The molecule has 2 N–H and O–H groups in total. The van der Waals surface area contributed by atoms with Crippen LogP contribution in [0.2, 0.25) is 0 Å². The zero-order valence-corrected chi connectivity index (χ0v) is 16.9. The van der Waals surface area contributed by atoms with Crippen molar-refractivity contribution in [3.8, 4) is 0 Å².